The Morgan fingerprint density at radius 2 is 1.00 bits per heavy atom. The van der Waals surface area contributed by atoms with Gasteiger partial charge in [0.05, 0.1) is 0 Å². The molecule has 7 nitrogen and oxygen atoms in total. The highest BCUT2D eigenvalue weighted by atomic mass is 31.3. The zero-order valence-corrected chi connectivity index (χ0v) is 6.27. The van der Waals surface area contributed by atoms with Crippen LogP contribution in [0.3, 0.4) is 0 Å². The SMILES string of the molecule is O=C([P+](O)(O)O)[P+](O)(O)O. The Hall–Kier alpha value is 0.290. The first-order chi connectivity index (χ1) is 4.15. The molecule has 0 amide bonds. The van der Waals surface area contributed by atoms with Gasteiger partial charge in [0.15, 0.2) is 0 Å². The lowest BCUT2D eigenvalue weighted by atomic mass is 11.8. The minimum atomic E-state index is -4.97. The molecule has 0 heterocycles. The lowest BCUT2D eigenvalue weighted by Gasteiger charge is -1.99. The minimum Gasteiger partial charge on any atom is -0.193 e. The monoisotopic (exact) mass is 192 g/mol. The van der Waals surface area contributed by atoms with Crippen molar-refractivity contribution in [2.75, 3.05) is 0 Å². The molecule has 0 radical (unpaired) electrons. The van der Waals surface area contributed by atoms with E-state index >= 15 is 0 Å². The molecular weight excluding hydrogens is 186 g/mol. The van der Waals surface area contributed by atoms with Gasteiger partial charge in [0, 0.05) is 0 Å². The van der Waals surface area contributed by atoms with Crippen LogP contribution in [-0.4, -0.2) is 34.6 Å². The third-order valence-corrected chi connectivity index (χ3v) is 3.15. The Morgan fingerprint density at radius 1 is 0.800 bits per heavy atom. The fraction of sp³-hybridized carbons (Fsp3) is 0. The van der Waals surface area contributed by atoms with Crippen LogP contribution in [0, 0.1) is 0 Å². The predicted molar refractivity (Wildman–Crippen MR) is 32.5 cm³/mol. The van der Waals surface area contributed by atoms with Gasteiger partial charge in [0.1, 0.15) is 0 Å². The van der Waals surface area contributed by atoms with Crippen molar-refractivity contribution in [3.05, 3.63) is 0 Å². The van der Waals surface area contributed by atoms with Crippen LogP contribution in [0.5, 0.6) is 0 Å². The third kappa shape index (κ3) is 2.92. The highest BCUT2D eigenvalue weighted by Crippen LogP contribution is 2.64. The number of hydrogen-bond acceptors (Lipinski definition) is 7. The molecule has 6 N–H and O–H groups in total. The third-order valence-electron chi connectivity index (χ3n) is 0.513. The van der Waals surface area contributed by atoms with Gasteiger partial charge in [0.25, 0.3) is 0 Å². The zero-order valence-electron chi connectivity index (χ0n) is 4.49. The summed E-state index contributed by atoms with van der Waals surface area (Å²) in [6.45, 7) is 0. The Labute approximate surface area is 56.4 Å². The Kier molecular flexibility index (Phi) is 2.81. The van der Waals surface area contributed by atoms with Gasteiger partial charge in [-0.05, 0) is 0 Å². The number of carbonyl (C=O) groups excluding carboxylic acids is 1. The van der Waals surface area contributed by atoms with E-state index in [2.05, 4.69) is 0 Å². The Balaban J connectivity index is 4.40. The molecule has 0 atom stereocenters. The normalized spacial score (nSPS) is 13.4. The molecule has 0 saturated heterocycles. The van der Waals surface area contributed by atoms with Gasteiger partial charge >= 0.3 is 21.2 Å². The average molecular weight is 192 g/mol. The van der Waals surface area contributed by atoms with Gasteiger partial charge in [-0.25, -0.2) is 0 Å². The van der Waals surface area contributed by atoms with E-state index in [-0.39, 0.29) is 0 Å². The van der Waals surface area contributed by atoms with E-state index in [1.54, 1.807) is 0 Å². The molecule has 0 fully saturated rings. The van der Waals surface area contributed by atoms with Gasteiger partial charge in [-0.3, -0.25) is 0 Å². The molecule has 0 aromatic rings. The van der Waals surface area contributed by atoms with Gasteiger partial charge in [-0.2, -0.15) is 34.2 Å². The van der Waals surface area contributed by atoms with Gasteiger partial charge in [-0.15, -0.1) is 0 Å². The van der Waals surface area contributed by atoms with Crippen LogP contribution in [0.25, 0.3) is 0 Å². The van der Waals surface area contributed by atoms with E-state index in [1.165, 1.54) is 0 Å². The second kappa shape index (κ2) is 2.73. The largest absolute Gasteiger partial charge is 0.576 e. The van der Waals surface area contributed by atoms with Crippen molar-refractivity contribution in [2.24, 2.45) is 0 Å². The van der Waals surface area contributed by atoms with Crippen LogP contribution in [0.15, 0.2) is 0 Å². The average Bonchev–Trinajstić information content (AvgIpc) is 1.59. The van der Waals surface area contributed by atoms with Crippen molar-refractivity contribution in [1.82, 2.24) is 0 Å². The van der Waals surface area contributed by atoms with E-state index in [0.717, 1.165) is 0 Å². The summed E-state index contributed by atoms with van der Waals surface area (Å²) in [5.41, 5.74) is 0. The fourth-order valence-corrected chi connectivity index (χ4v) is 1.62. The topological polar surface area (TPSA) is 138 Å². The summed E-state index contributed by atoms with van der Waals surface area (Å²) in [7, 11) is -9.94. The van der Waals surface area contributed by atoms with Crippen LogP contribution < -0.4 is 0 Å². The molecule has 0 unspecified atom stereocenters. The van der Waals surface area contributed by atoms with Gasteiger partial charge < -0.3 is 0 Å². The molecular formula is CH6O7P2+2. The molecule has 0 bridgehead atoms. The van der Waals surface area contributed by atoms with E-state index in [4.69, 9.17) is 29.4 Å². The lowest BCUT2D eigenvalue weighted by molar-refractivity contribution is 0.243. The number of hydrogen-bond donors (Lipinski definition) is 6. The van der Waals surface area contributed by atoms with Crippen molar-refractivity contribution < 1.29 is 34.2 Å². The fourth-order valence-electron chi connectivity index (χ4n) is 0.180. The summed E-state index contributed by atoms with van der Waals surface area (Å²) in [4.78, 5) is 58.3. The summed E-state index contributed by atoms with van der Waals surface area (Å²) in [5, 5.41) is -2.12. The highest BCUT2D eigenvalue weighted by molar-refractivity contribution is 8.02. The zero-order chi connectivity index (χ0) is 8.58. The molecule has 10 heavy (non-hydrogen) atoms. The summed E-state index contributed by atoms with van der Waals surface area (Å²) in [6.07, 6.45) is 0. The van der Waals surface area contributed by atoms with Crippen molar-refractivity contribution >= 4 is 21.2 Å². The Morgan fingerprint density at radius 3 is 1.00 bits per heavy atom. The number of rotatable bonds is 2. The molecule has 0 aliphatic carbocycles. The van der Waals surface area contributed by atoms with Crippen molar-refractivity contribution in [1.29, 1.82) is 0 Å². The van der Waals surface area contributed by atoms with Gasteiger partial charge in [-0.1, -0.05) is 0 Å². The molecule has 0 saturated carbocycles. The molecule has 0 spiro atoms. The van der Waals surface area contributed by atoms with Crippen LogP contribution in [-0.2, 0) is 0 Å². The molecule has 0 aliphatic heterocycles. The van der Waals surface area contributed by atoms with Crippen LogP contribution in [0.4, 0.5) is 4.79 Å². The van der Waals surface area contributed by atoms with Crippen LogP contribution in [0.2, 0.25) is 0 Å². The molecule has 0 aromatic carbocycles. The highest BCUT2D eigenvalue weighted by Gasteiger charge is 2.65. The van der Waals surface area contributed by atoms with E-state index in [9.17, 15) is 4.79 Å². The lowest BCUT2D eigenvalue weighted by Crippen LogP contribution is -2.07. The minimum absolute atomic E-state index is 2.12. The Bertz CT molecular complexity index is 123. The van der Waals surface area contributed by atoms with Crippen molar-refractivity contribution in [2.45, 2.75) is 0 Å². The first kappa shape index (κ1) is 10.3. The number of carbonyl (C=O) groups is 1. The maximum atomic E-state index is 10.1. The molecule has 0 aromatic heterocycles. The van der Waals surface area contributed by atoms with E-state index in [1.807, 2.05) is 0 Å². The molecule has 9 heteroatoms. The van der Waals surface area contributed by atoms with E-state index < -0.39 is 21.2 Å². The molecule has 0 aliphatic rings. The standard InChI is InChI=1S/CH6O7P2/c2-1(9(3,4)5)10(6,7)8/h3-8H/q+2. The smallest absolute Gasteiger partial charge is 0.193 e. The van der Waals surface area contributed by atoms with Crippen LogP contribution >= 0.6 is 15.9 Å². The maximum absolute atomic E-state index is 10.1. The quantitative estimate of drug-likeness (QED) is 0.295. The summed E-state index contributed by atoms with van der Waals surface area (Å²) in [6, 6.07) is 0. The maximum Gasteiger partial charge on any atom is 0.576 e. The second-order valence-electron chi connectivity index (χ2n) is 1.42. The molecule has 60 valence electrons. The predicted octanol–water partition coefficient (Wildman–Crippen LogP) is -1.41. The second-order valence-corrected chi connectivity index (χ2v) is 4.86. The van der Waals surface area contributed by atoms with E-state index in [0.29, 0.717) is 0 Å². The summed E-state index contributed by atoms with van der Waals surface area (Å²) >= 11 is 0. The summed E-state index contributed by atoms with van der Waals surface area (Å²) in [5.74, 6) is 0. The van der Waals surface area contributed by atoms with Crippen molar-refractivity contribution in [3.63, 3.8) is 0 Å². The van der Waals surface area contributed by atoms with Crippen molar-refractivity contribution in [3.8, 4) is 0 Å². The molecule has 0 rings (SSSR count). The first-order valence-corrected chi connectivity index (χ1v) is 5.15. The van der Waals surface area contributed by atoms with Crippen LogP contribution in [0.1, 0.15) is 0 Å². The first-order valence-electron chi connectivity index (χ1n) is 1.85. The summed E-state index contributed by atoms with van der Waals surface area (Å²) < 4.78 is 0. The van der Waals surface area contributed by atoms with Gasteiger partial charge in [0.2, 0.25) is 0 Å².